The summed E-state index contributed by atoms with van der Waals surface area (Å²) >= 11 is 6.16. The van der Waals surface area contributed by atoms with Crippen LogP contribution in [0.25, 0.3) is 11.0 Å². The summed E-state index contributed by atoms with van der Waals surface area (Å²) in [4.78, 5) is 4.61. The van der Waals surface area contributed by atoms with E-state index in [-0.39, 0.29) is 12.1 Å². The van der Waals surface area contributed by atoms with Crippen LogP contribution < -0.4 is 5.73 Å². The van der Waals surface area contributed by atoms with Crippen molar-refractivity contribution in [2.75, 3.05) is 33.7 Å². The van der Waals surface area contributed by atoms with Crippen molar-refractivity contribution in [3.8, 4) is 0 Å². The Morgan fingerprint density at radius 1 is 1.35 bits per heavy atom. The number of fused-ring (bicyclic) bond motifs is 1. The fraction of sp³-hybridized carbons (Fsp3) is 0.467. The monoisotopic (exact) mass is 293 g/mol. The van der Waals surface area contributed by atoms with Crippen molar-refractivity contribution < 1.29 is 4.42 Å². The molecule has 1 aliphatic heterocycles. The molecule has 0 aliphatic carbocycles. The van der Waals surface area contributed by atoms with Crippen LogP contribution in [0.4, 0.5) is 0 Å². The topological polar surface area (TPSA) is 45.6 Å². The van der Waals surface area contributed by atoms with Crippen molar-refractivity contribution in [1.29, 1.82) is 0 Å². The first-order valence-corrected chi connectivity index (χ1v) is 7.26. The van der Waals surface area contributed by atoms with Gasteiger partial charge in [0, 0.05) is 31.1 Å². The van der Waals surface area contributed by atoms with Gasteiger partial charge in [0.2, 0.25) is 0 Å². The third kappa shape index (κ3) is 2.44. The quantitative estimate of drug-likeness (QED) is 0.923. The van der Waals surface area contributed by atoms with Crippen LogP contribution in [-0.2, 0) is 0 Å². The van der Waals surface area contributed by atoms with Gasteiger partial charge in [0.25, 0.3) is 0 Å². The van der Waals surface area contributed by atoms with Gasteiger partial charge < -0.3 is 15.1 Å². The number of likely N-dealkylation sites (N-methyl/N-ethyl adjacent to an activating group) is 2. The van der Waals surface area contributed by atoms with E-state index in [4.69, 9.17) is 21.8 Å². The van der Waals surface area contributed by atoms with Crippen molar-refractivity contribution in [3.63, 3.8) is 0 Å². The van der Waals surface area contributed by atoms with E-state index in [1.54, 1.807) is 0 Å². The lowest BCUT2D eigenvalue weighted by molar-refractivity contribution is 0.0926. The Morgan fingerprint density at radius 2 is 2.15 bits per heavy atom. The molecular formula is C15H20ClN3O. The molecule has 3 rings (SSSR count). The molecule has 1 saturated heterocycles. The van der Waals surface area contributed by atoms with E-state index in [0.29, 0.717) is 5.02 Å². The van der Waals surface area contributed by atoms with E-state index in [9.17, 15) is 0 Å². The zero-order valence-corrected chi connectivity index (χ0v) is 12.6. The standard InChI is InChI=1S/C15H20ClN3O/c1-18-6-7-19(2)12(9-18)14(17)13-8-10-4-3-5-11(16)15(10)20-13/h3-5,8,12,14H,6-7,9,17H2,1-2H3. The fourth-order valence-corrected chi connectivity index (χ4v) is 3.05. The Hall–Kier alpha value is -1.07. The number of hydrogen-bond donors (Lipinski definition) is 1. The van der Waals surface area contributed by atoms with Crippen LogP contribution in [0.5, 0.6) is 0 Å². The third-order valence-electron chi connectivity index (χ3n) is 4.16. The Morgan fingerprint density at radius 3 is 2.90 bits per heavy atom. The molecule has 2 unspecified atom stereocenters. The second kappa shape index (κ2) is 5.37. The first-order chi connectivity index (χ1) is 9.56. The van der Waals surface area contributed by atoms with Gasteiger partial charge in [0.05, 0.1) is 11.1 Å². The van der Waals surface area contributed by atoms with Crippen LogP contribution in [-0.4, -0.2) is 49.6 Å². The van der Waals surface area contributed by atoms with E-state index in [1.165, 1.54) is 0 Å². The summed E-state index contributed by atoms with van der Waals surface area (Å²) < 4.78 is 5.90. The summed E-state index contributed by atoms with van der Waals surface area (Å²) in [6.07, 6.45) is 0. The number of nitrogens with zero attached hydrogens (tertiary/aromatic N) is 2. The van der Waals surface area contributed by atoms with Gasteiger partial charge in [-0.3, -0.25) is 4.90 Å². The maximum Gasteiger partial charge on any atom is 0.152 e. The third-order valence-corrected chi connectivity index (χ3v) is 4.46. The molecule has 1 aromatic carbocycles. The van der Waals surface area contributed by atoms with Gasteiger partial charge >= 0.3 is 0 Å². The van der Waals surface area contributed by atoms with Gasteiger partial charge in [0.1, 0.15) is 5.76 Å². The molecule has 2 heterocycles. The van der Waals surface area contributed by atoms with Crippen molar-refractivity contribution in [2.24, 2.45) is 5.73 Å². The average Bonchev–Trinajstić information content (AvgIpc) is 2.86. The number of hydrogen-bond acceptors (Lipinski definition) is 4. The summed E-state index contributed by atoms with van der Waals surface area (Å²) in [7, 11) is 4.25. The minimum Gasteiger partial charge on any atom is -0.458 e. The number of benzene rings is 1. The van der Waals surface area contributed by atoms with Gasteiger partial charge in [-0.2, -0.15) is 0 Å². The first-order valence-electron chi connectivity index (χ1n) is 6.88. The second-order valence-corrected chi connectivity index (χ2v) is 6.05. The number of rotatable bonds is 2. The van der Waals surface area contributed by atoms with Crippen molar-refractivity contribution in [3.05, 3.63) is 35.0 Å². The summed E-state index contributed by atoms with van der Waals surface area (Å²) in [5.41, 5.74) is 7.16. The SMILES string of the molecule is CN1CCN(C)C(C(N)c2cc3cccc(Cl)c3o2)C1. The lowest BCUT2D eigenvalue weighted by Gasteiger charge is -2.40. The van der Waals surface area contributed by atoms with E-state index in [1.807, 2.05) is 24.3 Å². The molecule has 0 radical (unpaired) electrons. The predicted octanol–water partition coefficient (Wildman–Crippen LogP) is 2.33. The summed E-state index contributed by atoms with van der Waals surface area (Å²) in [6, 6.07) is 7.88. The summed E-state index contributed by atoms with van der Waals surface area (Å²) in [6.45, 7) is 3.05. The minimum atomic E-state index is -0.147. The van der Waals surface area contributed by atoms with Crippen molar-refractivity contribution in [1.82, 2.24) is 9.80 Å². The number of nitrogens with two attached hydrogens (primary N) is 1. The van der Waals surface area contributed by atoms with E-state index < -0.39 is 0 Å². The molecule has 20 heavy (non-hydrogen) atoms. The molecule has 2 aromatic rings. The highest BCUT2D eigenvalue weighted by Gasteiger charge is 2.30. The van der Waals surface area contributed by atoms with E-state index in [2.05, 4.69) is 23.9 Å². The van der Waals surface area contributed by atoms with Crippen LogP contribution in [0.1, 0.15) is 11.8 Å². The van der Waals surface area contributed by atoms with E-state index >= 15 is 0 Å². The maximum atomic E-state index is 6.43. The Bertz CT molecular complexity index is 612. The fourth-order valence-electron chi connectivity index (χ4n) is 2.83. The highest BCUT2D eigenvalue weighted by atomic mass is 35.5. The zero-order valence-electron chi connectivity index (χ0n) is 11.8. The van der Waals surface area contributed by atoms with Gasteiger partial charge in [-0.15, -0.1) is 0 Å². The molecule has 1 fully saturated rings. The number of para-hydroxylation sites is 1. The van der Waals surface area contributed by atoms with Gasteiger partial charge in [-0.25, -0.2) is 0 Å². The van der Waals surface area contributed by atoms with Crippen molar-refractivity contribution >= 4 is 22.6 Å². The normalized spacial score (nSPS) is 23.3. The molecule has 0 spiro atoms. The first kappa shape index (κ1) is 13.9. The maximum absolute atomic E-state index is 6.43. The Labute approximate surface area is 124 Å². The Kier molecular flexibility index (Phi) is 3.73. The number of piperazine rings is 1. The highest BCUT2D eigenvalue weighted by molar-refractivity contribution is 6.34. The molecule has 2 atom stereocenters. The second-order valence-electron chi connectivity index (χ2n) is 5.64. The molecule has 0 saturated carbocycles. The lowest BCUT2D eigenvalue weighted by atomic mass is 10.0. The van der Waals surface area contributed by atoms with Crippen LogP contribution in [0.3, 0.4) is 0 Å². The van der Waals surface area contributed by atoms with Gasteiger partial charge in [0.15, 0.2) is 5.58 Å². The average molecular weight is 294 g/mol. The number of halogens is 1. The van der Waals surface area contributed by atoms with E-state index in [0.717, 1.165) is 36.4 Å². The highest BCUT2D eigenvalue weighted by Crippen LogP contribution is 2.31. The van der Waals surface area contributed by atoms with Crippen LogP contribution >= 0.6 is 11.6 Å². The molecule has 4 nitrogen and oxygen atoms in total. The van der Waals surface area contributed by atoms with Crippen LogP contribution in [0.2, 0.25) is 5.02 Å². The van der Waals surface area contributed by atoms with Gasteiger partial charge in [-0.05, 0) is 26.2 Å². The predicted molar refractivity (Wildman–Crippen MR) is 82.1 cm³/mol. The lowest BCUT2D eigenvalue weighted by Crippen LogP contribution is -2.54. The molecule has 0 bridgehead atoms. The van der Waals surface area contributed by atoms with Gasteiger partial charge in [-0.1, -0.05) is 23.7 Å². The molecule has 2 N–H and O–H groups in total. The molecule has 5 heteroatoms. The molecule has 1 aromatic heterocycles. The Balaban J connectivity index is 1.91. The van der Waals surface area contributed by atoms with Crippen LogP contribution in [0, 0.1) is 0 Å². The summed E-state index contributed by atoms with van der Waals surface area (Å²) in [5, 5.41) is 1.64. The molecule has 1 aliphatic rings. The van der Waals surface area contributed by atoms with Crippen LogP contribution in [0.15, 0.2) is 28.7 Å². The van der Waals surface area contributed by atoms with Crippen molar-refractivity contribution in [2.45, 2.75) is 12.1 Å². The molecular weight excluding hydrogens is 274 g/mol. The molecule has 108 valence electrons. The summed E-state index contributed by atoms with van der Waals surface area (Å²) in [5.74, 6) is 0.806. The minimum absolute atomic E-state index is 0.147. The largest absolute Gasteiger partial charge is 0.458 e. The smallest absolute Gasteiger partial charge is 0.152 e. The molecule has 0 amide bonds. The number of furan rings is 1. The zero-order chi connectivity index (χ0) is 14.3.